The van der Waals surface area contributed by atoms with E-state index in [1.165, 1.54) is 22.6 Å². The van der Waals surface area contributed by atoms with Crippen molar-refractivity contribution < 1.29 is 8.42 Å². The Balaban J connectivity index is 1.91. The second-order valence-corrected chi connectivity index (χ2v) is 6.91. The lowest BCUT2D eigenvalue weighted by Gasteiger charge is -2.21. The van der Waals surface area contributed by atoms with Gasteiger partial charge in [-0.3, -0.25) is 4.98 Å². The van der Waals surface area contributed by atoms with E-state index in [0.717, 1.165) is 18.5 Å². The summed E-state index contributed by atoms with van der Waals surface area (Å²) in [6, 6.07) is 8.53. The van der Waals surface area contributed by atoms with Crippen LogP contribution in [0.5, 0.6) is 0 Å². The highest BCUT2D eigenvalue weighted by molar-refractivity contribution is 7.89. The molecule has 0 aromatic carbocycles. The summed E-state index contributed by atoms with van der Waals surface area (Å²) in [6.07, 6.45) is 4.74. The Bertz CT molecular complexity index is 712. The lowest BCUT2D eigenvalue weighted by atomic mass is 10.3. The molecule has 0 unspecified atom stereocenters. The van der Waals surface area contributed by atoms with E-state index in [0.29, 0.717) is 5.82 Å². The lowest BCUT2D eigenvalue weighted by molar-refractivity contribution is 0.394. The van der Waals surface area contributed by atoms with Crippen LogP contribution in [-0.2, 0) is 16.6 Å². The van der Waals surface area contributed by atoms with Crippen LogP contribution in [0.1, 0.15) is 18.5 Å². The number of anilines is 1. The Hall–Kier alpha value is -1.99. The third-order valence-electron chi connectivity index (χ3n) is 3.36. The van der Waals surface area contributed by atoms with E-state index in [-0.39, 0.29) is 17.5 Å². The topological polar surface area (TPSA) is 89.2 Å². The van der Waals surface area contributed by atoms with E-state index in [1.54, 1.807) is 6.20 Å². The first-order valence-electron chi connectivity index (χ1n) is 6.70. The van der Waals surface area contributed by atoms with Crippen molar-refractivity contribution in [3.63, 3.8) is 0 Å². The minimum Gasteiger partial charge on any atom is -0.384 e. The average molecular weight is 304 g/mol. The molecular weight excluding hydrogens is 288 g/mol. The standard InChI is InChI=1S/C14H16N4O2S/c15-14-7-6-13(9-17-14)21(19,20)18(12-4-5-12)10-11-3-1-2-8-16-11/h1-3,6-9,12H,4-5,10H2,(H2,15,17). The molecule has 0 radical (unpaired) electrons. The lowest BCUT2D eigenvalue weighted by Crippen LogP contribution is -2.33. The first-order chi connectivity index (χ1) is 10.1. The molecule has 6 nitrogen and oxygen atoms in total. The maximum atomic E-state index is 12.7. The normalized spacial score (nSPS) is 15.3. The van der Waals surface area contributed by atoms with Crippen LogP contribution in [-0.4, -0.2) is 28.7 Å². The summed E-state index contributed by atoms with van der Waals surface area (Å²) in [5, 5.41) is 0. The molecule has 1 aliphatic rings. The third kappa shape index (κ3) is 3.03. The van der Waals surface area contributed by atoms with Crippen molar-refractivity contribution in [2.75, 3.05) is 5.73 Å². The van der Waals surface area contributed by atoms with Gasteiger partial charge in [0.15, 0.2) is 0 Å². The molecule has 2 N–H and O–H groups in total. The number of hydrogen-bond donors (Lipinski definition) is 1. The number of nitrogens with two attached hydrogens (primary N) is 1. The van der Waals surface area contributed by atoms with E-state index in [4.69, 9.17) is 5.73 Å². The van der Waals surface area contributed by atoms with Crippen LogP contribution in [0.15, 0.2) is 47.6 Å². The highest BCUT2D eigenvalue weighted by atomic mass is 32.2. The first-order valence-corrected chi connectivity index (χ1v) is 8.14. The first kappa shape index (κ1) is 14.0. The second kappa shape index (κ2) is 5.42. The number of pyridine rings is 2. The fourth-order valence-electron chi connectivity index (χ4n) is 2.10. The summed E-state index contributed by atoms with van der Waals surface area (Å²) in [5.41, 5.74) is 6.24. The average Bonchev–Trinajstić information content (AvgIpc) is 3.31. The van der Waals surface area contributed by atoms with Gasteiger partial charge in [0.1, 0.15) is 10.7 Å². The Morgan fingerprint density at radius 2 is 2.00 bits per heavy atom. The van der Waals surface area contributed by atoms with Crippen molar-refractivity contribution in [1.82, 2.24) is 14.3 Å². The molecule has 0 saturated heterocycles. The molecule has 1 saturated carbocycles. The van der Waals surface area contributed by atoms with E-state index >= 15 is 0 Å². The Labute approximate surface area is 123 Å². The smallest absolute Gasteiger partial charge is 0.245 e. The molecule has 0 amide bonds. The molecule has 2 aromatic rings. The van der Waals surface area contributed by atoms with Crippen LogP contribution in [0.4, 0.5) is 5.82 Å². The van der Waals surface area contributed by atoms with Crippen LogP contribution in [0.2, 0.25) is 0 Å². The quantitative estimate of drug-likeness (QED) is 0.902. The molecule has 0 spiro atoms. The van der Waals surface area contributed by atoms with Crippen LogP contribution in [0.25, 0.3) is 0 Å². The minimum absolute atomic E-state index is 0.0505. The van der Waals surface area contributed by atoms with Crippen LogP contribution in [0.3, 0.4) is 0 Å². The Kier molecular flexibility index (Phi) is 3.60. The Morgan fingerprint density at radius 3 is 2.57 bits per heavy atom. The van der Waals surface area contributed by atoms with Crippen molar-refractivity contribution in [3.05, 3.63) is 48.4 Å². The number of sulfonamides is 1. The number of rotatable bonds is 5. The molecular formula is C14H16N4O2S. The van der Waals surface area contributed by atoms with Crippen molar-refractivity contribution >= 4 is 15.8 Å². The summed E-state index contributed by atoms with van der Waals surface area (Å²) in [6.45, 7) is 0.276. The predicted molar refractivity (Wildman–Crippen MR) is 78.6 cm³/mol. The van der Waals surface area contributed by atoms with E-state index in [9.17, 15) is 8.42 Å². The molecule has 2 heterocycles. The molecule has 0 aliphatic heterocycles. The maximum absolute atomic E-state index is 12.7. The van der Waals surface area contributed by atoms with Crippen LogP contribution >= 0.6 is 0 Å². The van der Waals surface area contributed by atoms with E-state index < -0.39 is 10.0 Å². The van der Waals surface area contributed by atoms with Gasteiger partial charge in [-0.2, -0.15) is 4.31 Å². The second-order valence-electron chi connectivity index (χ2n) is 5.02. The summed E-state index contributed by atoms with van der Waals surface area (Å²) < 4.78 is 27.0. The van der Waals surface area contributed by atoms with Gasteiger partial charge < -0.3 is 5.73 Å². The minimum atomic E-state index is -3.58. The van der Waals surface area contributed by atoms with Gasteiger partial charge in [0.25, 0.3) is 0 Å². The molecule has 0 bridgehead atoms. The molecule has 0 atom stereocenters. The van der Waals surface area contributed by atoms with Crippen molar-refractivity contribution in [1.29, 1.82) is 0 Å². The highest BCUT2D eigenvalue weighted by Crippen LogP contribution is 2.33. The molecule has 3 rings (SSSR count). The monoisotopic (exact) mass is 304 g/mol. The van der Waals surface area contributed by atoms with Gasteiger partial charge in [-0.15, -0.1) is 0 Å². The largest absolute Gasteiger partial charge is 0.384 e. The zero-order valence-electron chi connectivity index (χ0n) is 11.4. The summed E-state index contributed by atoms with van der Waals surface area (Å²) >= 11 is 0. The van der Waals surface area contributed by atoms with E-state index in [2.05, 4.69) is 9.97 Å². The maximum Gasteiger partial charge on any atom is 0.245 e. The van der Waals surface area contributed by atoms with Crippen molar-refractivity contribution in [2.24, 2.45) is 0 Å². The van der Waals surface area contributed by atoms with Gasteiger partial charge in [0.05, 0.1) is 12.2 Å². The fourth-order valence-corrected chi connectivity index (χ4v) is 3.71. The van der Waals surface area contributed by atoms with Crippen molar-refractivity contribution in [3.8, 4) is 0 Å². The van der Waals surface area contributed by atoms with Gasteiger partial charge in [-0.05, 0) is 37.1 Å². The number of aromatic nitrogens is 2. The number of nitrogens with zero attached hydrogens (tertiary/aromatic N) is 3. The SMILES string of the molecule is Nc1ccc(S(=O)(=O)N(Cc2ccccn2)C2CC2)cn1. The predicted octanol–water partition coefficient (Wildman–Crippen LogP) is 1.41. The fraction of sp³-hybridized carbons (Fsp3) is 0.286. The van der Waals surface area contributed by atoms with Crippen molar-refractivity contribution in [2.45, 2.75) is 30.3 Å². The van der Waals surface area contributed by atoms with E-state index in [1.807, 2.05) is 18.2 Å². The van der Waals surface area contributed by atoms with Gasteiger partial charge in [0.2, 0.25) is 10.0 Å². The van der Waals surface area contributed by atoms with Gasteiger partial charge in [0, 0.05) is 18.4 Å². The highest BCUT2D eigenvalue weighted by Gasteiger charge is 2.38. The summed E-state index contributed by atoms with van der Waals surface area (Å²) in [4.78, 5) is 8.25. The van der Waals surface area contributed by atoms with Gasteiger partial charge in [-0.1, -0.05) is 6.07 Å². The molecule has 21 heavy (non-hydrogen) atoms. The zero-order valence-corrected chi connectivity index (χ0v) is 12.2. The molecule has 1 aliphatic carbocycles. The molecule has 110 valence electrons. The zero-order chi connectivity index (χ0) is 14.9. The molecule has 7 heteroatoms. The van der Waals surface area contributed by atoms with Crippen LogP contribution < -0.4 is 5.73 Å². The Morgan fingerprint density at radius 1 is 1.19 bits per heavy atom. The van der Waals surface area contributed by atoms with Crippen LogP contribution in [0, 0.1) is 0 Å². The molecule has 1 fully saturated rings. The number of nitrogen functional groups attached to an aromatic ring is 1. The summed E-state index contributed by atoms with van der Waals surface area (Å²) in [5.74, 6) is 0.302. The summed E-state index contributed by atoms with van der Waals surface area (Å²) in [7, 11) is -3.58. The third-order valence-corrected chi connectivity index (χ3v) is 5.25. The van der Waals surface area contributed by atoms with Gasteiger partial charge >= 0.3 is 0 Å². The number of hydrogen-bond acceptors (Lipinski definition) is 5. The molecule has 2 aromatic heterocycles. The van der Waals surface area contributed by atoms with Gasteiger partial charge in [-0.25, -0.2) is 13.4 Å².